The van der Waals surface area contributed by atoms with E-state index in [0.717, 1.165) is 11.8 Å². The Labute approximate surface area is 79.8 Å². The summed E-state index contributed by atoms with van der Waals surface area (Å²) in [5, 5.41) is 10.2. The molecule has 0 heterocycles. The van der Waals surface area contributed by atoms with Crippen LogP contribution >= 0.6 is 11.8 Å². The van der Waals surface area contributed by atoms with Gasteiger partial charge in [-0.1, -0.05) is 18.2 Å². The summed E-state index contributed by atoms with van der Waals surface area (Å²) in [6.45, 7) is 0. The summed E-state index contributed by atoms with van der Waals surface area (Å²) in [5.41, 5.74) is 0.508. The Morgan fingerprint density at radius 2 is 2.15 bits per heavy atom. The molecule has 0 saturated heterocycles. The molecule has 1 aromatic carbocycles. The van der Waals surface area contributed by atoms with Gasteiger partial charge in [0.05, 0.1) is 5.97 Å². The van der Waals surface area contributed by atoms with Gasteiger partial charge in [0.1, 0.15) is 0 Å². The van der Waals surface area contributed by atoms with Crippen molar-refractivity contribution in [3.8, 4) is 0 Å². The Hall–Kier alpha value is -1.29. The second-order valence-electron chi connectivity index (χ2n) is 2.32. The summed E-state index contributed by atoms with van der Waals surface area (Å²) >= 11 is 1.09. The van der Waals surface area contributed by atoms with Crippen molar-refractivity contribution in [2.75, 3.05) is 5.75 Å². The number of aldehydes is 1. The lowest BCUT2D eigenvalue weighted by atomic mass is 10.2. The molecule has 68 valence electrons. The first kappa shape index (κ1) is 9.80. The standard InChI is InChI=1S/C9H8O3S/c10-5-7-3-1-2-4-8(7)13-6-9(11)12/h1-5H,6H2,(H,11,12)/p-1. The van der Waals surface area contributed by atoms with Crippen LogP contribution in [0, 0.1) is 0 Å². The highest BCUT2D eigenvalue weighted by molar-refractivity contribution is 8.00. The lowest BCUT2D eigenvalue weighted by molar-refractivity contribution is -0.301. The summed E-state index contributed by atoms with van der Waals surface area (Å²) in [6, 6.07) is 6.83. The summed E-state index contributed by atoms with van der Waals surface area (Å²) in [7, 11) is 0. The van der Waals surface area contributed by atoms with Crippen LogP contribution in [0.1, 0.15) is 10.4 Å². The quantitative estimate of drug-likeness (QED) is 0.513. The lowest BCUT2D eigenvalue weighted by Crippen LogP contribution is -2.24. The van der Waals surface area contributed by atoms with Gasteiger partial charge in [0, 0.05) is 16.2 Å². The van der Waals surface area contributed by atoms with Gasteiger partial charge >= 0.3 is 0 Å². The smallest absolute Gasteiger partial charge is 0.151 e. The van der Waals surface area contributed by atoms with Gasteiger partial charge in [-0.2, -0.15) is 0 Å². The molecule has 13 heavy (non-hydrogen) atoms. The van der Waals surface area contributed by atoms with Crippen molar-refractivity contribution in [2.24, 2.45) is 0 Å². The van der Waals surface area contributed by atoms with Gasteiger partial charge in [0.2, 0.25) is 0 Å². The minimum absolute atomic E-state index is 0.134. The first-order valence-electron chi connectivity index (χ1n) is 3.61. The zero-order valence-electron chi connectivity index (χ0n) is 6.73. The number of carbonyl (C=O) groups is 2. The van der Waals surface area contributed by atoms with Crippen LogP contribution in [0.4, 0.5) is 0 Å². The Morgan fingerprint density at radius 1 is 1.46 bits per heavy atom. The molecule has 0 N–H and O–H groups in total. The number of hydrogen-bond donors (Lipinski definition) is 0. The van der Waals surface area contributed by atoms with E-state index >= 15 is 0 Å². The van der Waals surface area contributed by atoms with Crippen molar-refractivity contribution >= 4 is 24.0 Å². The molecule has 0 aliphatic heterocycles. The molecule has 0 bridgehead atoms. The van der Waals surface area contributed by atoms with Gasteiger partial charge in [0.15, 0.2) is 6.29 Å². The molecule has 0 saturated carbocycles. The number of carboxylic acid groups (broad SMARTS) is 1. The Kier molecular flexibility index (Phi) is 3.52. The van der Waals surface area contributed by atoms with E-state index in [1.807, 2.05) is 0 Å². The molecular weight excluding hydrogens is 188 g/mol. The third-order valence-corrected chi connectivity index (χ3v) is 2.45. The molecule has 0 aliphatic carbocycles. The maximum absolute atomic E-state index is 10.5. The Morgan fingerprint density at radius 3 is 2.77 bits per heavy atom. The largest absolute Gasteiger partial charge is 0.549 e. The molecule has 0 spiro atoms. The summed E-state index contributed by atoms with van der Waals surface area (Å²) in [4.78, 5) is 21.3. The van der Waals surface area contributed by atoms with Crippen LogP contribution in [0.25, 0.3) is 0 Å². The molecule has 0 fully saturated rings. The molecule has 0 atom stereocenters. The third-order valence-electron chi connectivity index (χ3n) is 1.39. The summed E-state index contributed by atoms with van der Waals surface area (Å²) < 4.78 is 0. The molecule has 1 aromatic rings. The van der Waals surface area contributed by atoms with E-state index in [1.165, 1.54) is 0 Å². The third kappa shape index (κ3) is 2.91. The van der Waals surface area contributed by atoms with Crippen molar-refractivity contribution in [3.05, 3.63) is 29.8 Å². The van der Waals surface area contributed by atoms with Crippen molar-refractivity contribution < 1.29 is 14.7 Å². The first-order valence-corrected chi connectivity index (χ1v) is 4.59. The first-order chi connectivity index (χ1) is 6.24. The second kappa shape index (κ2) is 4.67. The van der Waals surface area contributed by atoms with E-state index in [4.69, 9.17) is 0 Å². The van der Waals surface area contributed by atoms with Crippen molar-refractivity contribution in [1.82, 2.24) is 0 Å². The van der Waals surface area contributed by atoms with Crippen LogP contribution in [-0.2, 0) is 4.79 Å². The Bertz CT molecular complexity index is 322. The average molecular weight is 195 g/mol. The van der Waals surface area contributed by atoms with Crippen LogP contribution in [0.5, 0.6) is 0 Å². The van der Waals surface area contributed by atoms with E-state index in [0.29, 0.717) is 16.7 Å². The maximum Gasteiger partial charge on any atom is 0.151 e. The fourth-order valence-electron chi connectivity index (χ4n) is 0.846. The highest BCUT2D eigenvalue weighted by Gasteiger charge is 2.00. The highest BCUT2D eigenvalue weighted by Crippen LogP contribution is 2.20. The molecule has 0 unspecified atom stereocenters. The van der Waals surface area contributed by atoms with Gasteiger partial charge in [0.25, 0.3) is 0 Å². The van der Waals surface area contributed by atoms with Crippen molar-refractivity contribution in [1.29, 1.82) is 0 Å². The van der Waals surface area contributed by atoms with E-state index in [1.54, 1.807) is 24.3 Å². The number of rotatable bonds is 4. The van der Waals surface area contributed by atoms with Gasteiger partial charge < -0.3 is 9.90 Å². The predicted octanol–water partition coefficient (Wildman–Crippen LogP) is 0.341. The van der Waals surface area contributed by atoms with E-state index in [-0.39, 0.29) is 5.75 Å². The number of hydrogen-bond acceptors (Lipinski definition) is 4. The zero-order valence-corrected chi connectivity index (χ0v) is 7.54. The molecule has 0 radical (unpaired) electrons. The number of aliphatic carboxylic acids is 1. The number of carbonyl (C=O) groups excluding carboxylic acids is 2. The van der Waals surface area contributed by atoms with Crippen LogP contribution in [0.2, 0.25) is 0 Å². The molecule has 4 heteroatoms. The van der Waals surface area contributed by atoms with E-state index < -0.39 is 5.97 Å². The monoisotopic (exact) mass is 195 g/mol. The fourth-order valence-corrected chi connectivity index (χ4v) is 1.58. The number of benzene rings is 1. The summed E-state index contributed by atoms with van der Waals surface area (Å²) in [6.07, 6.45) is 0.706. The second-order valence-corrected chi connectivity index (χ2v) is 3.33. The van der Waals surface area contributed by atoms with E-state index in [2.05, 4.69) is 0 Å². The van der Waals surface area contributed by atoms with Crippen LogP contribution in [0.3, 0.4) is 0 Å². The molecule has 0 amide bonds. The topological polar surface area (TPSA) is 57.2 Å². The van der Waals surface area contributed by atoms with Crippen LogP contribution in [-0.4, -0.2) is 18.0 Å². The van der Waals surface area contributed by atoms with Crippen LogP contribution < -0.4 is 5.11 Å². The highest BCUT2D eigenvalue weighted by atomic mass is 32.2. The van der Waals surface area contributed by atoms with Crippen LogP contribution in [0.15, 0.2) is 29.2 Å². The van der Waals surface area contributed by atoms with Crippen molar-refractivity contribution in [2.45, 2.75) is 4.90 Å². The van der Waals surface area contributed by atoms with Gasteiger partial charge in [-0.15, -0.1) is 11.8 Å². The van der Waals surface area contributed by atoms with Gasteiger partial charge in [-0.05, 0) is 6.07 Å². The molecule has 3 nitrogen and oxygen atoms in total. The molecule has 0 aliphatic rings. The van der Waals surface area contributed by atoms with Gasteiger partial charge in [-0.25, -0.2) is 0 Å². The SMILES string of the molecule is O=Cc1ccccc1SCC(=O)[O-]. The maximum atomic E-state index is 10.5. The Balaban J connectivity index is 2.75. The minimum Gasteiger partial charge on any atom is -0.549 e. The number of carboxylic acids is 1. The lowest BCUT2D eigenvalue weighted by Gasteiger charge is -2.03. The predicted molar refractivity (Wildman–Crippen MR) is 47.6 cm³/mol. The number of thioether (sulfide) groups is 1. The minimum atomic E-state index is -1.13. The van der Waals surface area contributed by atoms with Crippen molar-refractivity contribution in [3.63, 3.8) is 0 Å². The molecule has 0 aromatic heterocycles. The molecule has 1 rings (SSSR count). The summed E-state index contributed by atoms with van der Waals surface area (Å²) in [5.74, 6) is -1.27. The fraction of sp³-hybridized carbons (Fsp3) is 0.111. The zero-order chi connectivity index (χ0) is 9.68. The normalized spacial score (nSPS) is 9.54. The molecular formula is C9H7O3S-. The van der Waals surface area contributed by atoms with E-state index in [9.17, 15) is 14.7 Å². The average Bonchev–Trinajstić information content (AvgIpc) is 2.15. The van der Waals surface area contributed by atoms with Gasteiger partial charge in [-0.3, -0.25) is 4.79 Å².